The summed E-state index contributed by atoms with van der Waals surface area (Å²) in [7, 11) is 1.49. The first-order valence-electron chi connectivity index (χ1n) is 8.80. The van der Waals surface area contributed by atoms with E-state index in [0.29, 0.717) is 22.4 Å². The van der Waals surface area contributed by atoms with Crippen molar-refractivity contribution >= 4 is 11.4 Å². The number of rotatable bonds is 2. The van der Waals surface area contributed by atoms with Crippen LogP contribution in [0.1, 0.15) is 22.3 Å². The molecule has 150 valence electrons. The number of nitrogens with zero attached hydrogens (tertiary/aromatic N) is 1. The van der Waals surface area contributed by atoms with Crippen molar-refractivity contribution in [3.8, 4) is 11.1 Å². The predicted octanol–water partition coefficient (Wildman–Crippen LogP) is 7.06. The van der Waals surface area contributed by atoms with Crippen LogP contribution < -0.4 is 4.90 Å². The van der Waals surface area contributed by atoms with Gasteiger partial charge >= 0.3 is 12.4 Å². The van der Waals surface area contributed by atoms with Crippen LogP contribution in [0, 0.1) is 0 Å². The van der Waals surface area contributed by atoms with Gasteiger partial charge in [-0.1, -0.05) is 36.4 Å². The largest absolute Gasteiger partial charge is 0.418 e. The van der Waals surface area contributed by atoms with Crippen LogP contribution in [-0.2, 0) is 18.8 Å². The fourth-order valence-corrected chi connectivity index (χ4v) is 3.93. The van der Waals surface area contributed by atoms with Crippen molar-refractivity contribution < 1.29 is 26.3 Å². The topological polar surface area (TPSA) is 3.24 Å². The molecular formula is C22H15F6N. The lowest BCUT2D eigenvalue weighted by atomic mass is 10.0. The highest BCUT2D eigenvalue weighted by Gasteiger charge is 2.38. The maximum atomic E-state index is 13.4. The molecular weight excluding hydrogens is 392 g/mol. The Morgan fingerprint density at radius 1 is 0.621 bits per heavy atom. The highest BCUT2D eigenvalue weighted by atomic mass is 19.4. The smallest absolute Gasteiger partial charge is 0.344 e. The van der Waals surface area contributed by atoms with Crippen LogP contribution in [0.2, 0.25) is 0 Å². The van der Waals surface area contributed by atoms with Crippen LogP contribution in [0.4, 0.5) is 37.7 Å². The fraction of sp³-hybridized carbons (Fsp3) is 0.182. The van der Waals surface area contributed by atoms with E-state index in [1.165, 1.54) is 36.2 Å². The highest BCUT2D eigenvalue weighted by molar-refractivity contribution is 5.85. The third-order valence-electron chi connectivity index (χ3n) is 5.21. The van der Waals surface area contributed by atoms with Gasteiger partial charge in [0.1, 0.15) is 0 Å². The molecule has 0 aliphatic heterocycles. The number of hydrogen-bond donors (Lipinski definition) is 0. The number of anilines is 2. The molecule has 0 saturated carbocycles. The van der Waals surface area contributed by atoms with Gasteiger partial charge in [0.05, 0.1) is 16.8 Å². The molecule has 0 aromatic heterocycles. The molecule has 0 N–H and O–H groups in total. The number of benzene rings is 3. The third-order valence-corrected chi connectivity index (χ3v) is 5.21. The normalized spacial score (nSPS) is 13.2. The summed E-state index contributed by atoms with van der Waals surface area (Å²) in [4.78, 5) is 1.39. The van der Waals surface area contributed by atoms with Crippen molar-refractivity contribution in [1.82, 2.24) is 0 Å². The Morgan fingerprint density at radius 2 is 1.14 bits per heavy atom. The van der Waals surface area contributed by atoms with Gasteiger partial charge in [-0.25, -0.2) is 0 Å². The summed E-state index contributed by atoms with van der Waals surface area (Å²) in [6.45, 7) is 0. The zero-order chi connectivity index (χ0) is 21.0. The second-order valence-corrected chi connectivity index (χ2v) is 6.88. The summed E-state index contributed by atoms with van der Waals surface area (Å²) < 4.78 is 80.7. The Kier molecular flexibility index (Phi) is 4.37. The van der Waals surface area contributed by atoms with E-state index in [1.54, 1.807) is 24.3 Å². The van der Waals surface area contributed by atoms with E-state index in [0.717, 1.165) is 12.1 Å². The molecule has 0 radical (unpaired) electrons. The number of halogens is 6. The number of hydrogen-bond acceptors (Lipinski definition) is 1. The maximum absolute atomic E-state index is 13.4. The fourth-order valence-electron chi connectivity index (χ4n) is 3.93. The molecule has 1 aliphatic carbocycles. The van der Waals surface area contributed by atoms with Crippen molar-refractivity contribution in [3.63, 3.8) is 0 Å². The molecule has 0 saturated heterocycles. The van der Waals surface area contributed by atoms with E-state index >= 15 is 0 Å². The van der Waals surface area contributed by atoms with Gasteiger partial charge in [0.25, 0.3) is 0 Å². The van der Waals surface area contributed by atoms with E-state index in [9.17, 15) is 26.3 Å². The van der Waals surface area contributed by atoms with Crippen molar-refractivity contribution in [2.45, 2.75) is 18.8 Å². The minimum atomic E-state index is -4.55. The summed E-state index contributed by atoms with van der Waals surface area (Å²) in [5, 5.41) is 0. The minimum absolute atomic E-state index is 0.00898. The Hall–Kier alpha value is -2.96. The van der Waals surface area contributed by atoms with Crippen LogP contribution in [0.3, 0.4) is 0 Å². The zero-order valence-electron chi connectivity index (χ0n) is 15.2. The Balaban J connectivity index is 1.84. The SMILES string of the molecule is CN(c1ccccc1C(F)(F)F)c1cccc2c1Cc1c-2cccc1C(F)(F)F. The summed E-state index contributed by atoms with van der Waals surface area (Å²) >= 11 is 0. The van der Waals surface area contributed by atoms with Gasteiger partial charge in [0.2, 0.25) is 0 Å². The van der Waals surface area contributed by atoms with Crippen molar-refractivity contribution in [2.75, 3.05) is 11.9 Å². The first-order valence-corrected chi connectivity index (χ1v) is 8.80. The predicted molar refractivity (Wildman–Crippen MR) is 99.2 cm³/mol. The van der Waals surface area contributed by atoms with Gasteiger partial charge < -0.3 is 4.90 Å². The van der Waals surface area contributed by atoms with E-state index in [4.69, 9.17) is 0 Å². The molecule has 0 bridgehead atoms. The molecule has 7 heteroatoms. The molecule has 3 aromatic carbocycles. The monoisotopic (exact) mass is 407 g/mol. The molecule has 0 fully saturated rings. The third kappa shape index (κ3) is 3.24. The van der Waals surface area contributed by atoms with Crippen LogP contribution in [-0.4, -0.2) is 7.05 Å². The standard InChI is InChI=1S/C22H15F6N/c1-29(20-10-3-2-8-18(20)22(26,27)28)19-11-5-7-14-13-6-4-9-17(21(23,24)25)15(13)12-16(14)19/h2-11H,12H2,1H3. The highest BCUT2D eigenvalue weighted by Crippen LogP contribution is 2.47. The average Bonchev–Trinajstić information content (AvgIpc) is 3.04. The van der Waals surface area contributed by atoms with Crippen LogP contribution in [0.15, 0.2) is 60.7 Å². The molecule has 4 rings (SSSR count). The number of para-hydroxylation sites is 1. The number of alkyl halides is 6. The van der Waals surface area contributed by atoms with Gasteiger partial charge in [-0.2, -0.15) is 26.3 Å². The first kappa shape index (κ1) is 19.4. The second kappa shape index (κ2) is 6.54. The molecule has 0 unspecified atom stereocenters. The van der Waals surface area contributed by atoms with Crippen molar-refractivity contribution in [1.29, 1.82) is 0 Å². The number of fused-ring (bicyclic) bond motifs is 3. The average molecular weight is 407 g/mol. The lowest BCUT2D eigenvalue weighted by molar-refractivity contribution is -0.138. The Morgan fingerprint density at radius 3 is 1.79 bits per heavy atom. The summed E-state index contributed by atoms with van der Waals surface area (Å²) in [5.74, 6) is 0. The summed E-state index contributed by atoms with van der Waals surface area (Å²) in [5.41, 5.74) is 0.693. The quantitative estimate of drug-likeness (QED) is 0.322. The van der Waals surface area contributed by atoms with Crippen molar-refractivity contribution in [3.05, 3.63) is 82.9 Å². The Bertz CT molecular complexity index is 1080. The van der Waals surface area contributed by atoms with E-state index in [1.807, 2.05) is 0 Å². The molecule has 3 aromatic rings. The maximum Gasteiger partial charge on any atom is 0.418 e. The minimum Gasteiger partial charge on any atom is -0.344 e. The Labute approximate surface area is 163 Å². The first-order chi connectivity index (χ1) is 13.6. The molecule has 0 spiro atoms. The van der Waals surface area contributed by atoms with Crippen LogP contribution in [0.5, 0.6) is 0 Å². The molecule has 0 amide bonds. The van der Waals surface area contributed by atoms with E-state index in [-0.39, 0.29) is 17.7 Å². The molecule has 0 heterocycles. The second-order valence-electron chi connectivity index (χ2n) is 6.88. The van der Waals surface area contributed by atoms with Crippen LogP contribution in [0.25, 0.3) is 11.1 Å². The molecule has 1 nitrogen and oxygen atoms in total. The molecule has 1 aliphatic rings. The van der Waals surface area contributed by atoms with Gasteiger partial charge in [-0.05, 0) is 46.5 Å². The lowest BCUT2D eigenvalue weighted by Crippen LogP contribution is -2.17. The van der Waals surface area contributed by atoms with E-state index in [2.05, 4.69) is 0 Å². The zero-order valence-corrected chi connectivity index (χ0v) is 15.2. The van der Waals surface area contributed by atoms with E-state index < -0.39 is 23.5 Å². The van der Waals surface area contributed by atoms with Gasteiger partial charge in [0, 0.05) is 19.2 Å². The van der Waals surface area contributed by atoms with Gasteiger partial charge in [-0.3, -0.25) is 0 Å². The lowest BCUT2D eigenvalue weighted by Gasteiger charge is -2.25. The summed E-state index contributed by atoms with van der Waals surface area (Å²) in [6.07, 6.45) is -9.04. The van der Waals surface area contributed by atoms with Gasteiger partial charge in [-0.15, -0.1) is 0 Å². The van der Waals surface area contributed by atoms with Crippen LogP contribution >= 0.6 is 0 Å². The van der Waals surface area contributed by atoms with Gasteiger partial charge in [0.15, 0.2) is 0 Å². The van der Waals surface area contributed by atoms with Crippen molar-refractivity contribution in [2.24, 2.45) is 0 Å². The molecule has 0 atom stereocenters. The molecule has 29 heavy (non-hydrogen) atoms. The summed E-state index contributed by atoms with van der Waals surface area (Å²) in [6, 6.07) is 14.1.